The van der Waals surface area contributed by atoms with E-state index in [-0.39, 0.29) is 29.2 Å². The second-order valence-electron chi connectivity index (χ2n) is 8.10. The zero-order chi connectivity index (χ0) is 25.4. The Hall–Kier alpha value is -3.78. The lowest BCUT2D eigenvalue weighted by Gasteiger charge is -2.22. The van der Waals surface area contributed by atoms with Gasteiger partial charge in [0.2, 0.25) is 5.28 Å². The molecule has 8 nitrogen and oxygen atoms in total. The second kappa shape index (κ2) is 12.1. The monoisotopic (exact) mass is 494 g/mol. The standard InChI is InChI=1S/C26H27ClN4O4/c1-3-35-25(34)16(2)13-20(29-24(33)22-15-21(23(28)32)30-26(27)31-22)14-17-9-11-19(12-10-17)18-7-5-4-6-8-18/h4-12,15-16,20H,3,13-14H2,1-2H3,(H2,28,32)(H,29,33)/t16-,20+/m1/s1. The molecule has 0 unspecified atom stereocenters. The molecule has 0 aliphatic carbocycles. The third-order valence-electron chi connectivity index (χ3n) is 5.39. The number of amides is 2. The third kappa shape index (κ3) is 7.35. The number of nitrogens with zero attached hydrogens (tertiary/aromatic N) is 2. The zero-order valence-electron chi connectivity index (χ0n) is 19.5. The van der Waals surface area contributed by atoms with Crippen LogP contribution in [0, 0.1) is 5.92 Å². The second-order valence-corrected chi connectivity index (χ2v) is 8.44. The molecule has 0 saturated carbocycles. The van der Waals surface area contributed by atoms with Crippen molar-refractivity contribution in [2.75, 3.05) is 6.61 Å². The van der Waals surface area contributed by atoms with Gasteiger partial charge in [0.25, 0.3) is 11.8 Å². The first-order valence-electron chi connectivity index (χ1n) is 11.2. The van der Waals surface area contributed by atoms with E-state index in [0.29, 0.717) is 12.8 Å². The fraction of sp³-hybridized carbons (Fsp3) is 0.269. The van der Waals surface area contributed by atoms with Crippen LogP contribution in [0.25, 0.3) is 11.1 Å². The molecule has 0 aliphatic heterocycles. The van der Waals surface area contributed by atoms with Crippen molar-refractivity contribution >= 4 is 29.4 Å². The van der Waals surface area contributed by atoms with Crippen LogP contribution in [0.4, 0.5) is 0 Å². The minimum atomic E-state index is -0.825. The molecule has 2 aromatic carbocycles. The average Bonchev–Trinajstić information content (AvgIpc) is 2.84. The Morgan fingerprint density at radius 3 is 2.26 bits per heavy atom. The normalized spacial score (nSPS) is 12.4. The first-order chi connectivity index (χ1) is 16.8. The van der Waals surface area contributed by atoms with Gasteiger partial charge < -0.3 is 15.8 Å². The largest absolute Gasteiger partial charge is 0.466 e. The molecule has 182 valence electrons. The number of aromatic nitrogens is 2. The van der Waals surface area contributed by atoms with Crippen LogP contribution in [0.5, 0.6) is 0 Å². The number of hydrogen-bond donors (Lipinski definition) is 2. The molecule has 9 heteroatoms. The first kappa shape index (κ1) is 25.8. The lowest BCUT2D eigenvalue weighted by atomic mass is 9.94. The topological polar surface area (TPSA) is 124 Å². The molecule has 1 heterocycles. The molecular weight excluding hydrogens is 468 g/mol. The Balaban J connectivity index is 1.80. The van der Waals surface area contributed by atoms with Gasteiger partial charge in [-0.25, -0.2) is 9.97 Å². The van der Waals surface area contributed by atoms with E-state index in [1.54, 1.807) is 13.8 Å². The van der Waals surface area contributed by atoms with Gasteiger partial charge in [0.05, 0.1) is 12.5 Å². The number of halogens is 1. The molecule has 35 heavy (non-hydrogen) atoms. The highest BCUT2D eigenvalue weighted by molar-refractivity contribution is 6.28. The van der Waals surface area contributed by atoms with Crippen molar-refractivity contribution in [1.82, 2.24) is 15.3 Å². The van der Waals surface area contributed by atoms with E-state index in [4.69, 9.17) is 22.1 Å². The van der Waals surface area contributed by atoms with Gasteiger partial charge in [0.15, 0.2) is 0 Å². The molecule has 0 fully saturated rings. The van der Waals surface area contributed by atoms with Gasteiger partial charge in [-0.1, -0.05) is 61.5 Å². The van der Waals surface area contributed by atoms with Gasteiger partial charge in [-0.15, -0.1) is 0 Å². The minimum absolute atomic E-state index is 0.0907. The number of carbonyl (C=O) groups is 3. The van der Waals surface area contributed by atoms with E-state index in [1.807, 2.05) is 54.6 Å². The van der Waals surface area contributed by atoms with Crippen molar-refractivity contribution in [2.24, 2.45) is 11.7 Å². The van der Waals surface area contributed by atoms with Crippen LogP contribution >= 0.6 is 11.6 Å². The Morgan fingerprint density at radius 1 is 1.00 bits per heavy atom. The third-order valence-corrected chi connectivity index (χ3v) is 5.56. The summed E-state index contributed by atoms with van der Waals surface area (Å²) in [7, 11) is 0. The van der Waals surface area contributed by atoms with E-state index in [2.05, 4.69) is 15.3 Å². The lowest BCUT2D eigenvalue weighted by molar-refractivity contribution is -0.147. The van der Waals surface area contributed by atoms with Crippen LogP contribution in [0.15, 0.2) is 60.7 Å². The molecule has 2 amide bonds. The number of nitrogens with one attached hydrogen (secondary N) is 1. The smallest absolute Gasteiger partial charge is 0.308 e. The lowest BCUT2D eigenvalue weighted by Crippen LogP contribution is -2.39. The molecule has 0 spiro atoms. The highest BCUT2D eigenvalue weighted by Crippen LogP contribution is 2.21. The van der Waals surface area contributed by atoms with Crippen LogP contribution in [-0.4, -0.2) is 40.4 Å². The predicted molar refractivity (Wildman–Crippen MR) is 133 cm³/mol. The van der Waals surface area contributed by atoms with Gasteiger partial charge in [-0.05, 0) is 48.1 Å². The zero-order valence-corrected chi connectivity index (χ0v) is 20.3. The van der Waals surface area contributed by atoms with Crippen LogP contribution in [0.2, 0.25) is 5.28 Å². The van der Waals surface area contributed by atoms with E-state index in [9.17, 15) is 14.4 Å². The van der Waals surface area contributed by atoms with Crippen molar-refractivity contribution in [3.63, 3.8) is 0 Å². The maximum Gasteiger partial charge on any atom is 0.308 e. The first-order valence-corrected chi connectivity index (χ1v) is 11.6. The molecule has 0 saturated heterocycles. The molecule has 0 bridgehead atoms. The summed E-state index contributed by atoms with van der Waals surface area (Å²) in [6.07, 6.45) is 0.804. The number of rotatable bonds is 10. The summed E-state index contributed by atoms with van der Waals surface area (Å²) in [5.74, 6) is -2.17. The summed E-state index contributed by atoms with van der Waals surface area (Å²) in [4.78, 5) is 44.3. The Labute approximate surface area is 208 Å². The van der Waals surface area contributed by atoms with Crippen LogP contribution in [-0.2, 0) is 16.0 Å². The Bertz CT molecular complexity index is 1190. The molecule has 0 aliphatic rings. The predicted octanol–water partition coefficient (Wildman–Crippen LogP) is 3.83. The van der Waals surface area contributed by atoms with Crippen LogP contribution in [0.3, 0.4) is 0 Å². The van der Waals surface area contributed by atoms with Crippen LogP contribution in [0.1, 0.15) is 46.8 Å². The Kier molecular flexibility index (Phi) is 8.92. The van der Waals surface area contributed by atoms with Crippen molar-refractivity contribution in [1.29, 1.82) is 0 Å². The molecule has 1 aromatic heterocycles. The van der Waals surface area contributed by atoms with Crippen molar-refractivity contribution in [3.05, 3.63) is 82.9 Å². The van der Waals surface area contributed by atoms with E-state index < -0.39 is 23.8 Å². The highest BCUT2D eigenvalue weighted by Gasteiger charge is 2.23. The van der Waals surface area contributed by atoms with E-state index in [1.165, 1.54) is 6.07 Å². The molecule has 3 N–H and O–H groups in total. The molecule has 2 atom stereocenters. The summed E-state index contributed by atoms with van der Waals surface area (Å²) in [6.45, 7) is 3.77. The van der Waals surface area contributed by atoms with Crippen molar-refractivity contribution in [3.8, 4) is 11.1 Å². The number of benzene rings is 2. The van der Waals surface area contributed by atoms with Gasteiger partial charge in [-0.3, -0.25) is 14.4 Å². The number of esters is 1. The maximum atomic E-state index is 13.0. The maximum absolute atomic E-state index is 13.0. The summed E-state index contributed by atoms with van der Waals surface area (Å²) >= 11 is 5.86. The Morgan fingerprint density at radius 2 is 1.63 bits per heavy atom. The number of carbonyl (C=O) groups excluding carboxylic acids is 3. The number of primary amides is 1. The van der Waals surface area contributed by atoms with E-state index in [0.717, 1.165) is 16.7 Å². The molecule has 3 rings (SSSR count). The van der Waals surface area contributed by atoms with E-state index >= 15 is 0 Å². The molecular formula is C26H27ClN4O4. The molecule has 3 aromatic rings. The summed E-state index contributed by atoms with van der Waals surface area (Å²) in [6, 6.07) is 18.8. The van der Waals surface area contributed by atoms with Crippen LogP contribution < -0.4 is 11.1 Å². The SMILES string of the molecule is CCOC(=O)[C@H](C)C[C@@H](Cc1ccc(-c2ccccc2)cc1)NC(=O)c1cc(C(N)=O)nc(Cl)n1. The number of hydrogen-bond acceptors (Lipinski definition) is 6. The number of nitrogens with two attached hydrogens (primary N) is 1. The van der Waals surface area contributed by atoms with Gasteiger partial charge >= 0.3 is 5.97 Å². The highest BCUT2D eigenvalue weighted by atomic mass is 35.5. The van der Waals surface area contributed by atoms with Crippen molar-refractivity contribution in [2.45, 2.75) is 32.7 Å². The summed E-state index contributed by atoms with van der Waals surface area (Å²) in [5, 5.41) is 2.64. The minimum Gasteiger partial charge on any atom is -0.466 e. The fourth-order valence-corrected chi connectivity index (χ4v) is 3.85. The van der Waals surface area contributed by atoms with Gasteiger partial charge in [-0.2, -0.15) is 0 Å². The van der Waals surface area contributed by atoms with Gasteiger partial charge in [0, 0.05) is 12.1 Å². The average molecular weight is 495 g/mol. The summed E-state index contributed by atoms with van der Waals surface area (Å²) < 4.78 is 5.13. The number of ether oxygens (including phenoxy) is 1. The quantitative estimate of drug-likeness (QED) is 0.326. The van der Waals surface area contributed by atoms with Crippen molar-refractivity contribution < 1.29 is 19.1 Å². The van der Waals surface area contributed by atoms with Gasteiger partial charge in [0.1, 0.15) is 11.4 Å². The summed E-state index contributed by atoms with van der Waals surface area (Å²) in [5.41, 5.74) is 8.16. The fourth-order valence-electron chi connectivity index (χ4n) is 3.67. The molecule has 0 radical (unpaired) electrons.